The van der Waals surface area contributed by atoms with Gasteiger partial charge >= 0.3 is 0 Å². The van der Waals surface area contributed by atoms with Gasteiger partial charge in [-0.15, -0.1) is 10.2 Å². The first-order valence-corrected chi connectivity index (χ1v) is 12.7. The number of rotatable bonds is 5. The van der Waals surface area contributed by atoms with Crippen molar-refractivity contribution in [1.29, 1.82) is 0 Å². The smallest absolute Gasteiger partial charge is 0.292 e. The van der Waals surface area contributed by atoms with E-state index in [1.807, 2.05) is 39.8 Å². The molecule has 7 nitrogen and oxygen atoms in total. The van der Waals surface area contributed by atoms with Crippen molar-refractivity contribution in [3.8, 4) is 0 Å². The summed E-state index contributed by atoms with van der Waals surface area (Å²) in [6.45, 7) is 1.98. The second-order valence-electron chi connectivity index (χ2n) is 9.87. The topological polar surface area (TPSA) is 92.8 Å². The summed E-state index contributed by atoms with van der Waals surface area (Å²) in [6.07, 6.45) is 4.35. The van der Waals surface area contributed by atoms with Crippen LogP contribution in [0, 0.1) is 0 Å². The molecule has 1 aliphatic heterocycles. The van der Waals surface area contributed by atoms with E-state index in [0.29, 0.717) is 25.3 Å². The molecule has 0 bridgehead atoms. The van der Waals surface area contributed by atoms with Crippen LogP contribution < -0.4 is 5.73 Å². The highest BCUT2D eigenvalue weighted by atomic mass is 35.5. The number of nitrogens with zero attached hydrogens (tertiary/aromatic N) is 4. The van der Waals surface area contributed by atoms with Crippen LogP contribution in [0.2, 0.25) is 5.02 Å². The first-order valence-electron chi connectivity index (χ1n) is 12.3. The highest BCUT2D eigenvalue weighted by Crippen LogP contribution is 2.41. The standard InChI is InChI=1S/C27H29ClN6O/c28-20-6-3-5-19(15-20)27(17-29)10-8-22(9-11-27)33-12-13-34-24(31-32-25(34)26(33)35)16-21-14-18-4-1-2-7-23(18)30-21/h1-7,14-15,22,30H,8-13,16-17,29H2/t22-,27-. The lowest BCUT2D eigenvalue weighted by atomic mass is 9.68. The van der Waals surface area contributed by atoms with Crippen LogP contribution in [0.5, 0.6) is 0 Å². The minimum atomic E-state index is -0.0764. The quantitative estimate of drug-likeness (QED) is 0.438. The average molecular weight is 489 g/mol. The van der Waals surface area contributed by atoms with Crippen LogP contribution in [0.15, 0.2) is 54.6 Å². The van der Waals surface area contributed by atoms with Crippen LogP contribution in [0.4, 0.5) is 0 Å². The second kappa shape index (κ2) is 8.81. The van der Waals surface area contributed by atoms with Crippen molar-refractivity contribution in [1.82, 2.24) is 24.6 Å². The molecule has 35 heavy (non-hydrogen) atoms. The number of para-hydroxylation sites is 1. The number of H-pyrrole nitrogens is 1. The Kier molecular flexibility index (Phi) is 5.61. The number of carbonyl (C=O) groups excluding carboxylic acids is 1. The van der Waals surface area contributed by atoms with E-state index < -0.39 is 0 Å². The van der Waals surface area contributed by atoms with Gasteiger partial charge in [0.15, 0.2) is 0 Å². The number of hydrogen-bond donors (Lipinski definition) is 2. The maximum Gasteiger partial charge on any atom is 0.292 e. The number of amides is 1. The Morgan fingerprint density at radius 2 is 1.89 bits per heavy atom. The molecule has 0 radical (unpaired) electrons. The van der Waals surface area contributed by atoms with Gasteiger partial charge in [0.1, 0.15) is 5.82 Å². The maximum absolute atomic E-state index is 13.4. The van der Waals surface area contributed by atoms with E-state index in [2.05, 4.69) is 39.4 Å². The number of carbonyl (C=O) groups is 1. The SMILES string of the molecule is NC[C@]1(c2cccc(Cl)c2)CC[C@H](N2CCn3c(Cc4cc5ccccc5[nH]4)nnc3C2=O)CC1. The second-order valence-corrected chi connectivity index (χ2v) is 10.3. The fourth-order valence-corrected chi connectivity index (χ4v) is 6.13. The fourth-order valence-electron chi connectivity index (χ4n) is 5.94. The van der Waals surface area contributed by atoms with E-state index in [-0.39, 0.29) is 17.4 Å². The summed E-state index contributed by atoms with van der Waals surface area (Å²) in [5.41, 5.74) is 9.58. The molecule has 2 aromatic carbocycles. The molecule has 180 valence electrons. The molecule has 1 amide bonds. The van der Waals surface area contributed by atoms with Gasteiger partial charge in [0.25, 0.3) is 5.91 Å². The number of aromatic nitrogens is 4. The first kappa shape index (κ1) is 22.3. The van der Waals surface area contributed by atoms with Crippen LogP contribution in [0.25, 0.3) is 10.9 Å². The summed E-state index contributed by atoms with van der Waals surface area (Å²) in [5, 5.41) is 10.6. The number of nitrogens with one attached hydrogen (secondary N) is 1. The molecular formula is C27H29ClN6O. The predicted octanol–water partition coefficient (Wildman–Crippen LogP) is 4.30. The first-order chi connectivity index (χ1) is 17.1. The monoisotopic (exact) mass is 488 g/mol. The summed E-state index contributed by atoms with van der Waals surface area (Å²) < 4.78 is 1.99. The molecule has 2 aromatic heterocycles. The lowest BCUT2D eigenvalue weighted by Gasteiger charge is -2.44. The zero-order chi connectivity index (χ0) is 24.0. The summed E-state index contributed by atoms with van der Waals surface area (Å²) in [4.78, 5) is 18.9. The van der Waals surface area contributed by atoms with E-state index in [0.717, 1.165) is 54.3 Å². The van der Waals surface area contributed by atoms with E-state index in [1.165, 1.54) is 10.9 Å². The number of hydrogen-bond acceptors (Lipinski definition) is 4. The number of aromatic amines is 1. The van der Waals surface area contributed by atoms with Gasteiger partial charge in [-0.2, -0.15) is 0 Å². The average Bonchev–Trinajstić information content (AvgIpc) is 3.49. The van der Waals surface area contributed by atoms with E-state index in [9.17, 15) is 4.79 Å². The summed E-state index contributed by atoms with van der Waals surface area (Å²) in [6, 6.07) is 18.6. The van der Waals surface area contributed by atoms with Crippen LogP contribution in [0.1, 0.15) is 53.4 Å². The van der Waals surface area contributed by atoms with Crippen LogP contribution in [-0.2, 0) is 18.4 Å². The molecular weight excluding hydrogens is 460 g/mol. The maximum atomic E-state index is 13.4. The molecule has 6 rings (SSSR count). The largest absolute Gasteiger partial charge is 0.358 e. The Labute approximate surface area is 209 Å². The molecule has 4 aromatic rings. The highest BCUT2D eigenvalue weighted by Gasteiger charge is 2.40. The summed E-state index contributed by atoms with van der Waals surface area (Å²) in [7, 11) is 0. The summed E-state index contributed by atoms with van der Waals surface area (Å²) in [5.74, 6) is 1.26. The summed E-state index contributed by atoms with van der Waals surface area (Å²) >= 11 is 6.26. The van der Waals surface area contributed by atoms with Gasteiger partial charge in [0, 0.05) is 53.7 Å². The molecule has 0 unspecified atom stereocenters. The van der Waals surface area contributed by atoms with E-state index in [1.54, 1.807) is 0 Å². The number of benzene rings is 2. The van der Waals surface area contributed by atoms with Crippen LogP contribution >= 0.6 is 11.6 Å². The molecule has 8 heteroatoms. The Bertz CT molecular complexity index is 1350. The van der Waals surface area contributed by atoms with Crippen molar-refractivity contribution in [3.05, 3.63) is 82.5 Å². The van der Waals surface area contributed by atoms with Crippen molar-refractivity contribution >= 4 is 28.4 Å². The van der Waals surface area contributed by atoms with Gasteiger partial charge in [-0.25, -0.2) is 0 Å². The van der Waals surface area contributed by atoms with Gasteiger partial charge < -0.3 is 20.2 Å². The lowest BCUT2D eigenvalue weighted by molar-refractivity contribution is 0.0521. The minimum Gasteiger partial charge on any atom is -0.358 e. The molecule has 0 atom stereocenters. The third-order valence-electron chi connectivity index (χ3n) is 7.96. The highest BCUT2D eigenvalue weighted by molar-refractivity contribution is 6.30. The Balaban J connectivity index is 1.17. The third-order valence-corrected chi connectivity index (χ3v) is 8.19. The van der Waals surface area contributed by atoms with Crippen molar-refractivity contribution in [2.45, 2.75) is 50.1 Å². The number of nitrogens with two attached hydrogens (primary N) is 1. The minimum absolute atomic E-state index is 0.0142. The Morgan fingerprint density at radius 3 is 2.66 bits per heavy atom. The van der Waals surface area contributed by atoms with Gasteiger partial charge in [-0.05, 0) is 60.9 Å². The van der Waals surface area contributed by atoms with E-state index in [4.69, 9.17) is 17.3 Å². The molecule has 3 heterocycles. The molecule has 0 saturated heterocycles. The molecule has 2 aliphatic rings. The number of halogens is 1. The Hall–Kier alpha value is -3.16. The van der Waals surface area contributed by atoms with Gasteiger partial charge in [0.2, 0.25) is 5.82 Å². The zero-order valence-corrected chi connectivity index (χ0v) is 20.3. The molecule has 1 fully saturated rings. The van der Waals surface area contributed by atoms with Gasteiger partial charge in [-0.3, -0.25) is 4.79 Å². The normalized spacial score (nSPS) is 22.5. The fraction of sp³-hybridized carbons (Fsp3) is 0.370. The molecule has 1 aliphatic carbocycles. The van der Waals surface area contributed by atoms with Crippen molar-refractivity contribution in [3.63, 3.8) is 0 Å². The van der Waals surface area contributed by atoms with Crippen molar-refractivity contribution in [2.75, 3.05) is 13.1 Å². The van der Waals surface area contributed by atoms with Gasteiger partial charge in [0.05, 0.1) is 0 Å². The lowest BCUT2D eigenvalue weighted by Crippen LogP contribution is -2.51. The Morgan fingerprint density at radius 1 is 1.06 bits per heavy atom. The van der Waals surface area contributed by atoms with Crippen molar-refractivity contribution < 1.29 is 4.79 Å². The predicted molar refractivity (Wildman–Crippen MR) is 137 cm³/mol. The molecule has 0 spiro atoms. The van der Waals surface area contributed by atoms with Crippen LogP contribution in [0.3, 0.4) is 0 Å². The van der Waals surface area contributed by atoms with Gasteiger partial charge in [-0.1, -0.05) is 41.9 Å². The van der Waals surface area contributed by atoms with Crippen molar-refractivity contribution in [2.24, 2.45) is 5.73 Å². The van der Waals surface area contributed by atoms with E-state index >= 15 is 0 Å². The van der Waals surface area contributed by atoms with Crippen LogP contribution in [-0.4, -0.2) is 49.7 Å². The zero-order valence-electron chi connectivity index (χ0n) is 19.6. The third kappa shape index (κ3) is 3.93. The molecule has 3 N–H and O–H groups in total. The number of fused-ring (bicyclic) bond motifs is 2. The molecule has 1 saturated carbocycles.